The highest BCUT2D eigenvalue weighted by molar-refractivity contribution is 8.14. The van der Waals surface area contributed by atoms with Crippen LogP contribution in [0.5, 0.6) is 5.75 Å². The molecule has 0 saturated heterocycles. The molecule has 0 bridgehead atoms. The lowest BCUT2D eigenvalue weighted by Crippen LogP contribution is -2.34. The average molecular weight is 427 g/mol. The molecule has 8 nitrogen and oxygen atoms in total. The number of aliphatic hydroxyl groups excluding tert-OH is 1. The van der Waals surface area contributed by atoms with Crippen LogP contribution in [0.15, 0.2) is 63.5 Å². The third-order valence-electron chi connectivity index (χ3n) is 4.58. The first kappa shape index (κ1) is 20.1. The molecule has 1 aromatic heterocycles. The van der Waals surface area contributed by atoms with E-state index in [0.29, 0.717) is 22.2 Å². The van der Waals surface area contributed by atoms with Gasteiger partial charge >= 0.3 is 0 Å². The maximum absolute atomic E-state index is 13.3. The Kier molecular flexibility index (Phi) is 5.29. The van der Waals surface area contributed by atoms with Crippen LogP contribution in [-0.4, -0.2) is 38.3 Å². The summed E-state index contributed by atoms with van der Waals surface area (Å²) < 4.78 is 11.1. The van der Waals surface area contributed by atoms with Crippen molar-refractivity contribution in [2.75, 3.05) is 0 Å². The van der Waals surface area contributed by atoms with E-state index in [2.05, 4.69) is 10.5 Å². The largest absolute Gasteiger partial charge is 0.503 e. The summed E-state index contributed by atoms with van der Waals surface area (Å²) >= 11 is 1.32. The molecule has 2 aliphatic rings. The molecule has 2 aromatic rings. The highest BCUT2D eigenvalue weighted by atomic mass is 32.2. The molecule has 0 radical (unpaired) electrons. The molecule has 2 N–H and O–H groups in total. The van der Waals surface area contributed by atoms with E-state index in [0.717, 1.165) is 0 Å². The van der Waals surface area contributed by atoms with Gasteiger partial charge in [-0.3, -0.25) is 19.9 Å². The van der Waals surface area contributed by atoms with E-state index in [1.165, 1.54) is 22.9 Å². The van der Waals surface area contributed by atoms with Crippen LogP contribution in [0.1, 0.15) is 42.9 Å². The lowest BCUT2D eigenvalue weighted by molar-refractivity contribution is -0.125. The first-order valence-corrected chi connectivity index (χ1v) is 10.4. The van der Waals surface area contributed by atoms with Crippen molar-refractivity contribution in [3.05, 3.63) is 65.3 Å². The number of hydrogen-bond donors (Lipinski definition) is 2. The number of aliphatic hydroxyl groups is 1. The highest BCUT2D eigenvalue weighted by Crippen LogP contribution is 2.42. The van der Waals surface area contributed by atoms with Gasteiger partial charge in [0.1, 0.15) is 17.6 Å². The van der Waals surface area contributed by atoms with Gasteiger partial charge in [-0.2, -0.15) is 5.10 Å². The standard InChI is InChI=1S/C21H21N3O5S/c1-11(2)29-14-8-6-13(7-9-14)18(25)16-17(15-5-4-10-28-15)24(20(27)19(16)26)21-23-22-12(3)30-21/h4-12,17,22,26H,1-3H3. The lowest BCUT2D eigenvalue weighted by Gasteiger charge is -2.23. The molecule has 1 amide bonds. The molecule has 0 spiro atoms. The van der Waals surface area contributed by atoms with E-state index in [4.69, 9.17) is 9.15 Å². The Bertz CT molecular complexity index is 1030. The number of rotatable bonds is 5. The molecule has 2 atom stereocenters. The van der Waals surface area contributed by atoms with E-state index in [1.54, 1.807) is 36.4 Å². The molecular formula is C21H21N3O5S. The minimum Gasteiger partial charge on any atom is -0.503 e. The van der Waals surface area contributed by atoms with Crippen molar-refractivity contribution in [1.82, 2.24) is 10.3 Å². The molecule has 9 heteroatoms. The van der Waals surface area contributed by atoms with Gasteiger partial charge in [0.05, 0.1) is 23.3 Å². The maximum atomic E-state index is 13.3. The molecule has 1 aromatic carbocycles. The SMILES string of the molecule is CC(C)Oc1ccc(C(=O)C2=C(O)C(=O)N(C3=NNC(C)S3)C2c2ccco2)cc1. The summed E-state index contributed by atoms with van der Waals surface area (Å²) in [5, 5.41) is 15.1. The molecule has 156 valence electrons. The van der Waals surface area contributed by atoms with Crippen molar-refractivity contribution >= 4 is 28.6 Å². The van der Waals surface area contributed by atoms with Gasteiger partial charge in [0.25, 0.3) is 5.91 Å². The number of carbonyl (C=O) groups excluding carboxylic acids is 2. The van der Waals surface area contributed by atoms with Crippen LogP contribution in [0.4, 0.5) is 0 Å². The number of furan rings is 1. The molecule has 0 saturated carbocycles. The molecule has 0 aliphatic carbocycles. The number of nitrogens with one attached hydrogen (secondary N) is 1. The van der Waals surface area contributed by atoms with Crippen molar-refractivity contribution in [2.24, 2.45) is 5.10 Å². The first-order valence-electron chi connectivity index (χ1n) is 9.48. The van der Waals surface area contributed by atoms with E-state index >= 15 is 0 Å². The van der Waals surface area contributed by atoms with Crippen molar-refractivity contribution in [2.45, 2.75) is 38.3 Å². The maximum Gasteiger partial charge on any atom is 0.296 e. The lowest BCUT2D eigenvalue weighted by atomic mass is 9.96. The normalized spacial score (nSPS) is 21.3. The molecule has 0 fully saturated rings. The van der Waals surface area contributed by atoms with Crippen molar-refractivity contribution in [1.29, 1.82) is 0 Å². The van der Waals surface area contributed by atoms with Crippen molar-refractivity contribution in [3.8, 4) is 5.75 Å². The number of amidine groups is 1. The van der Waals surface area contributed by atoms with Crippen LogP contribution in [-0.2, 0) is 4.79 Å². The number of amides is 1. The van der Waals surface area contributed by atoms with Gasteiger partial charge in [0.15, 0.2) is 16.7 Å². The summed E-state index contributed by atoms with van der Waals surface area (Å²) in [5.41, 5.74) is 3.15. The molecule has 2 unspecified atom stereocenters. The van der Waals surface area contributed by atoms with Gasteiger partial charge < -0.3 is 14.3 Å². The fraction of sp³-hybridized carbons (Fsp3) is 0.286. The Morgan fingerprint density at radius 3 is 2.60 bits per heavy atom. The second-order valence-corrected chi connectivity index (χ2v) is 8.47. The molecule has 4 rings (SSSR count). The topological polar surface area (TPSA) is 104 Å². The first-order chi connectivity index (χ1) is 14.4. The van der Waals surface area contributed by atoms with E-state index in [-0.39, 0.29) is 17.1 Å². The minimum atomic E-state index is -0.912. The summed E-state index contributed by atoms with van der Waals surface area (Å²) in [6, 6.07) is 9.00. The zero-order chi connectivity index (χ0) is 21.4. The van der Waals surface area contributed by atoms with Crippen LogP contribution >= 0.6 is 11.8 Å². The smallest absolute Gasteiger partial charge is 0.296 e. The predicted molar refractivity (Wildman–Crippen MR) is 112 cm³/mol. The number of hydrazone groups is 1. The number of hydrogen-bond acceptors (Lipinski definition) is 8. The number of carbonyl (C=O) groups is 2. The molecule has 30 heavy (non-hydrogen) atoms. The molecule has 3 heterocycles. The Labute approximate surface area is 177 Å². The highest BCUT2D eigenvalue weighted by Gasteiger charge is 2.48. The number of benzene rings is 1. The number of Topliss-reactive ketones (excluding diaryl/α,β-unsaturated/α-hetero) is 1. The van der Waals surface area contributed by atoms with Gasteiger partial charge in [0, 0.05) is 5.56 Å². The van der Waals surface area contributed by atoms with Gasteiger partial charge in [0.2, 0.25) is 0 Å². The Balaban J connectivity index is 1.71. The number of ketones is 1. The van der Waals surface area contributed by atoms with Crippen LogP contribution in [0, 0.1) is 0 Å². The number of nitrogens with zero attached hydrogens (tertiary/aromatic N) is 2. The van der Waals surface area contributed by atoms with Gasteiger partial charge in [-0.25, -0.2) is 0 Å². The third-order valence-corrected chi connectivity index (χ3v) is 5.54. The zero-order valence-electron chi connectivity index (χ0n) is 16.7. The van der Waals surface area contributed by atoms with Crippen molar-refractivity contribution < 1.29 is 23.8 Å². The quantitative estimate of drug-likeness (QED) is 0.703. The van der Waals surface area contributed by atoms with Gasteiger partial charge in [-0.1, -0.05) is 11.8 Å². The van der Waals surface area contributed by atoms with Crippen LogP contribution in [0.25, 0.3) is 0 Å². The summed E-state index contributed by atoms with van der Waals surface area (Å²) in [6.07, 6.45) is 1.46. The number of ether oxygens (including phenoxy) is 1. The zero-order valence-corrected chi connectivity index (χ0v) is 17.5. The summed E-state index contributed by atoms with van der Waals surface area (Å²) in [4.78, 5) is 27.5. The summed E-state index contributed by atoms with van der Waals surface area (Å²) in [5.74, 6) is -0.777. The van der Waals surface area contributed by atoms with Crippen LogP contribution in [0.3, 0.4) is 0 Å². The Morgan fingerprint density at radius 2 is 2.03 bits per heavy atom. The minimum absolute atomic E-state index is 0.00309. The van der Waals surface area contributed by atoms with Crippen LogP contribution < -0.4 is 10.2 Å². The fourth-order valence-electron chi connectivity index (χ4n) is 3.33. The van der Waals surface area contributed by atoms with E-state index < -0.39 is 23.5 Å². The second-order valence-electron chi connectivity index (χ2n) is 7.16. The Hall–Kier alpha value is -3.20. The predicted octanol–water partition coefficient (Wildman–Crippen LogP) is 3.60. The van der Waals surface area contributed by atoms with E-state index in [9.17, 15) is 14.7 Å². The third kappa shape index (κ3) is 3.56. The monoisotopic (exact) mass is 427 g/mol. The second kappa shape index (κ2) is 7.91. The van der Waals surface area contributed by atoms with Crippen molar-refractivity contribution in [3.63, 3.8) is 0 Å². The Morgan fingerprint density at radius 1 is 1.30 bits per heavy atom. The van der Waals surface area contributed by atoms with Gasteiger partial charge in [-0.15, -0.1) is 0 Å². The summed E-state index contributed by atoms with van der Waals surface area (Å²) in [6.45, 7) is 5.71. The average Bonchev–Trinajstić information content (AvgIpc) is 3.43. The molecular weight excluding hydrogens is 406 g/mol. The summed E-state index contributed by atoms with van der Waals surface area (Å²) in [7, 11) is 0. The fourth-order valence-corrected chi connectivity index (χ4v) is 4.16. The molecule has 2 aliphatic heterocycles. The number of thioether (sulfide) groups is 1. The van der Waals surface area contributed by atoms with E-state index in [1.807, 2.05) is 20.8 Å². The van der Waals surface area contributed by atoms with Gasteiger partial charge in [-0.05, 0) is 57.2 Å². The van der Waals surface area contributed by atoms with Crippen LogP contribution in [0.2, 0.25) is 0 Å².